The van der Waals surface area contributed by atoms with Crippen LogP contribution in [-0.4, -0.2) is 20.4 Å². The normalized spacial score (nSPS) is 19.7. The molecule has 2 heterocycles. The van der Waals surface area contributed by atoms with E-state index in [0.717, 1.165) is 35.3 Å². The third-order valence-corrected chi connectivity index (χ3v) is 6.33. The van der Waals surface area contributed by atoms with Crippen LogP contribution in [0, 0.1) is 5.92 Å². The quantitative estimate of drug-likeness (QED) is 0.519. The van der Waals surface area contributed by atoms with Gasteiger partial charge in [-0.1, -0.05) is 73.5 Å². The van der Waals surface area contributed by atoms with Crippen LogP contribution in [0.1, 0.15) is 53.5 Å². The molecular weight excluding hydrogens is 386 g/mol. The first-order chi connectivity index (χ1) is 15.2. The van der Waals surface area contributed by atoms with Gasteiger partial charge in [0.05, 0.1) is 12.1 Å². The number of carbonyl (C=O) groups excluding carboxylic acids is 1. The maximum atomic E-state index is 13.8. The van der Waals surface area contributed by atoms with E-state index >= 15 is 0 Å². The van der Waals surface area contributed by atoms with Crippen LogP contribution in [-0.2, 0) is 18.4 Å². The summed E-state index contributed by atoms with van der Waals surface area (Å²) in [6.07, 6.45) is 7.98. The van der Waals surface area contributed by atoms with Gasteiger partial charge in [0.1, 0.15) is 11.8 Å². The zero-order valence-corrected chi connectivity index (χ0v) is 17.8. The number of aryl methyl sites for hydroxylation is 1. The van der Waals surface area contributed by atoms with Gasteiger partial charge in [-0.15, -0.1) is 5.06 Å². The summed E-state index contributed by atoms with van der Waals surface area (Å²) in [6, 6.07) is 20.2. The smallest absolute Gasteiger partial charge is 0.229 e. The van der Waals surface area contributed by atoms with Gasteiger partial charge in [0.15, 0.2) is 5.82 Å². The lowest BCUT2D eigenvalue weighted by atomic mass is 9.90. The highest BCUT2D eigenvalue weighted by Crippen LogP contribution is 2.46. The first-order valence-corrected chi connectivity index (χ1v) is 11.0. The molecule has 1 saturated carbocycles. The molecule has 1 aliphatic heterocycles. The van der Waals surface area contributed by atoms with Crippen LogP contribution in [0.15, 0.2) is 84.4 Å². The minimum Gasteiger partial charge on any atom is -0.408 e. The third kappa shape index (κ3) is 3.81. The SMILES string of the molecule is Cn1ccnc1C(=O)C1=C(C2CCCC2)ON(Cc2ccccc2)[C@@H]1c1ccccc1. The molecule has 5 rings (SSSR count). The van der Waals surface area contributed by atoms with Crippen molar-refractivity contribution in [3.05, 3.63) is 101 Å². The largest absolute Gasteiger partial charge is 0.408 e. The average molecular weight is 414 g/mol. The van der Waals surface area contributed by atoms with Gasteiger partial charge in [0, 0.05) is 25.4 Å². The Bertz CT molecular complexity index is 1080. The lowest BCUT2D eigenvalue weighted by Crippen LogP contribution is -2.26. The number of hydroxylamine groups is 2. The number of hydrogen-bond acceptors (Lipinski definition) is 4. The number of aromatic nitrogens is 2. The molecule has 1 aliphatic carbocycles. The number of nitrogens with zero attached hydrogens (tertiary/aromatic N) is 3. The highest BCUT2D eigenvalue weighted by molar-refractivity contribution is 6.08. The van der Waals surface area contributed by atoms with Gasteiger partial charge >= 0.3 is 0 Å². The Balaban J connectivity index is 1.61. The predicted octanol–water partition coefficient (Wildman–Crippen LogP) is 5.24. The van der Waals surface area contributed by atoms with Gasteiger partial charge in [-0.25, -0.2) is 4.98 Å². The van der Waals surface area contributed by atoms with Crippen LogP contribution in [0.25, 0.3) is 0 Å². The predicted molar refractivity (Wildman–Crippen MR) is 119 cm³/mol. The zero-order chi connectivity index (χ0) is 21.2. The van der Waals surface area contributed by atoms with Gasteiger partial charge in [0.25, 0.3) is 0 Å². The Morgan fingerprint density at radius 2 is 1.71 bits per heavy atom. The summed E-state index contributed by atoms with van der Waals surface area (Å²) in [4.78, 5) is 24.7. The van der Waals surface area contributed by atoms with E-state index in [1.54, 1.807) is 10.8 Å². The molecule has 5 heteroatoms. The van der Waals surface area contributed by atoms with Crippen LogP contribution in [0.3, 0.4) is 0 Å². The molecule has 2 aromatic carbocycles. The standard InChI is InChI=1S/C26H27N3O2/c1-28-17-16-27-26(28)24(30)22-23(20-12-6-3-7-13-20)29(18-19-10-4-2-5-11-19)31-25(22)21-14-8-9-15-21/h2-7,10-13,16-17,21,23H,8-9,14-15,18H2,1H3/t23-/m1/s1. The molecule has 2 aliphatic rings. The van der Waals surface area contributed by atoms with Gasteiger partial charge in [-0.2, -0.15) is 0 Å². The van der Waals surface area contributed by atoms with Crippen molar-refractivity contribution in [3.8, 4) is 0 Å². The number of hydrogen-bond donors (Lipinski definition) is 0. The van der Waals surface area contributed by atoms with Gasteiger partial charge in [-0.05, 0) is 24.0 Å². The first-order valence-electron chi connectivity index (χ1n) is 11.0. The highest BCUT2D eigenvalue weighted by Gasteiger charge is 2.44. The van der Waals surface area contributed by atoms with Crippen molar-refractivity contribution in [2.75, 3.05) is 0 Å². The van der Waals surface area contributed by atoms with Crippen LogP contribution in [0.5, 0.6) is 0 Å². The summed E-state index contributed by atoms with van der Waals surface area (Å²) in [5.41, 5.74) is 2.95. The summed E-state index contributed by atoms with van der Waals surface area (Å²) in [5.74, 6) is 1.54. The molecule has 3 aromatic rings. The van der Waals surface area contributed by atoms with Gasteiger partial charge < -0.3 is 9.40 Å². The molecule has 5 nitrogen and oxygen atoms in total. The maximum Gasteiger partial charge on any atom is 0.229 e. The fraction of sp³-hybridized carbons (Fsp3) is 0.308. The van der Waals surface area contributed by atoms with Crippen LogP contribution >= 0.6 is 0 Å². The molecule has 0 N–H and O–H groups in total. The molecule has 0 amide bonds. The van der Waals surface area contributed by atoms with E-state index in [0.29, 0.717) is 12.4 Å². The van der Waals surface area contributed by atoms with Crippen LogP contribution in [0.4, 0.5) is 0 Å². The zero-order valence-electron chi connectivity index (χ0n) is 17.8. The second-order valence-corrected chi connectivity index (χ2v) is 8.42. The molecule has 158 valence electrons. The van der Waals surface area contributed by atoms with Crippen molar-refractivity contribution in [1.29, 1.82) is 0 Å². The molecular formula is C26H27N3O2. The lowest BCUT2D eigenvalue weighted by molar-refractivity contribution is -0.134. The summed E-state index contributed by atoms with van der Waals surface area (Å²) < 4.78 is 1.80. The van der Waals surface area contributed by atoms with E-state index < -0.39 is 0 Å². The summed E-state index contributed by atoms with van der Waals surface area (Å²) in [7, 11) is 1.87. The summed E-state index contributed by atoms with van der Waals surface area (Å²) >= 11 is 0. The number of rotatable bonds is 6. The second kappa shape index (κ2) is 8.52. The first kappa shape index (κ1) is 19.8. The monoisotopic (exact) mass is 413 g/mol. The Hall–Kier alpha value is -3.18. The highest BCUT2D eigenvalue weighted by atomic mass is 16.7. The van der Waals surface area contributed by atoms with E-state index in [2.05, 4.69) is 29.2 Å². The summed E-state index contributed by atoms with van der Waals surface area (Å²) in [5, 5.41) is 1.98. The second-order valence-electron chi connectivity index (χ2n) is 8.42. The van der Waals surface area contributed by atoms with Crippen molar-refractivity contribution >= 4 is 5.78 Å². The number of benzene rings is 2. The number of Topliss-reactive ketones (excluding diaryl/α,β-unsaturated/α-hetero) is 1. The molecule has 0 saturated heterocycles. The number of ketones is 1. The molecule has 31 heavy (non-hydrogen) atoms. The molecule has 0 unspecified atom stereocenters. The molecule has 0 bridgehead atoms. The molecule has 0 radical (unpaired) electrons. The summed E-state index contributed by atoms with van der Waals surface area (Å²) in [6.45, 7) is 0.605. The van der Waals surface area contributed by atoms with E-state index in [4.69, 9.17) is 4.84 Å². The maximum absolute atomic E-state index is 13.8. The minimum absolute atomic E-state index is 0.0428. The molecule has 1 atom stereocenters. The Kier molecular flexibility index (Phi) is 5.43. The Labute approximate surface area is 182 Å². The number of imidazole rings is 1. The van der Waals surface area contributed by atoms with E-state index in [1.807, 2.05) is 54.7 Å². The number of allylic oxidation sites excluding steroid dienone is 1. The van der Waals surface area contributed by atoms with E-state index in [9.17, 15) is 4.79 Å². The van der Waals surface area contributed by atoms with Crippen molar-refractivity contribution < 1.29 is 9.63 Å². The number of carbonyl (C=O) groups is 1. The van der Waals surface area contributed by atoms with Crippen molar-refractivity contribution in [2.24, 2.45) is 13.0 Å². The lowest BCUT2D eigenvalue weighted by Gasteiger charge is -2.25. The Morgan fingerprint density at radius 1 is 1.03 bits per heavy atom. The fourth-order valence-corrected chi connectivity index (χ4v) is 4.79. The van der Waals surface area contributed by atoms with Gasteiger partial charge in [-0.3, -0.25) is 4.79 Å². The molecule has 1 fully saturated rings. The van der Waals surface area contributed by atoms with Crippen LogP contribution < -0.4 is 0 Å². The van der Waals surface area contributed by atoms with Crippen molar-refractivity contribution in [3.63, 3.8) is 0 Å². The minimum atomic E-state index is -0.263. The van der Waals surface area contributed by atoms with Crippen LogP contribution in [0.2, 0.25) is 0 Å². The van der Waals surface area contributed by atoms with E-state index in [-0.39, 0.29) is 17.7 Å². The van der Waals surface area contributed by atoms with Gasteiger partial charge in [0.2, 0.25) is 5.78 Å². The third-order valence-electron chi connectivity index (χ3n) is 6.33. The van der Waals surface area contributed by atoms with Crippen molar-refractivity contribution in [1.82, 2.24) is 14.6 Å². The Morgan fingerprint density at radius 3 is 2.35 bits per heavy atom. The average Bonchev–Trinajstić information content (AvgIpc) is 3.54. The molecule has 0 spiro atoms. The van der Waals surface area contributed by atoms with E-state index in [1.165, 1.54) is 12.8 Å². The fourth-order valence-electron chi connectivity index (χ4n) is 4.79. The topological polar surface area (TPSA) is 47.4 Å². The van der Waals surface area contributed by atoms with Crippen molar-refractivity contribution in [2.45, 2.75) is 38.3 Å². The molecule has 1 aromatic heterocycles.